The molecule has 2 heteroatoms. The van der Waals surface area contributed by atoms with Gasteiger partial charge in [-0.25, -0.2) is 0 Å². The van der Waals surface area contributed by atoms with Crippen molar-refractivity contribution in [3.63, 3.8) is 0 Å². The zero-order valence-electron chi connectivity index (χ0n) is 8.00. The van der Waals surface area contributed by atoms with Crippen molar-refractivity contribution in [2.75, 3.05) is 0 Å². The predicted molar refractivity (Wildman–Crippen MR) is 65.4 cm³/mol. The molecule has 14 heavy (non-hydrogen) atoms. The Morgan fingerprint density at radius 3 is 2.64 bits per heavy atom. The minimum atomic E-state index is 0.299. The largest absolute Gasteiger partial charge is 0.294 e. The maximum Gasteiger partial charge on any atom is 0.165 e. The Labute approximate surface area is 98.0 Å². The van der Waals surface area contributed by atoms with Crippen molar-refractivity contribution in [1.29, 1.82) is 0 Å². The molecule has 74 valence electrons. The molecule has 0 aliphatic heterocycles. The van der Waals surface area contributed by atoms with Gasteiger partial charge in [0.15, 0.2) is 5.78 Å². The summed E-state index contributed by atoms with van der Waals surface area (Å²) in [5.74, 6) is 0.647. The zero-order chi connectivity index (χ0) is 9.97. The van der Waals surface area contributed by atoms with Crippen LogP contribution in [-0.2, 0) is 0 Å². The number of hydrogen-bond acceptors (Lipinski definition) is 1. The molecule has 0 unspecified atom stereocenters. The number of halogens is 1. The molecule has 1 saturated carbocycles. The van der Waals surface area contributed by atoms with E-state index in [4.69, 9.17) is 0 Å². The monoisotopic (exact) mass is 300 g/mol. The number of hydrogen-bond donors (Lipinski definition) is 0. The molecule has 1 aromatic carbocycles. The van der Waals surface area contributed by atoms with Crippen molar-refractivity contribution >= 4 is 28.4 Å². The van der Waals surface area contributed by atoms with Gasteiger partial charge in [0.25, 0.3) is 0 Å². The molecule has 0 atom stereocenters. The highest BCUT2D eigenvalue weighted by atomic mass is 127. The first kappa shape index (κ1) is 10.1. The normalized spacial score (nSPS) is 17.2. The fourth-order valence-corrected chi connectivity index (χ4v) is 2.61. The molecule has 0 spiro atoms. The Kier molecular flexibility index (Phi) is 3.21. The lowest BCUT2D eigenvalue weighted by atomic mass is 9.96. The van der Waals surface area contributed by atoms with Crippen molar-refractivity contribution in [2.45, 2.75) is 25.7 Å². The molecule has 0 aromatic heterocycles. The van der Waals surface area contributed by atoms with E-state index in [0.29, 0.717) is 11.7 Å². The first-order chi connectivity index (χ1) is 6.77. The second-order valence-corrected chi connectivity index (χ2v) is 5.10. The van der Waals surface area contributed by atoms with E-state index in [1.54, 1.807) is 0 Å². The number of ketones is 1. The predicted octanol–water partition coefficient (Wildman–Crippen LogP) is 3.66. The minimum Gasteiger partial charge on any atom is -0.294 e. The number of carbonyl (C=O) groups is 1. The molecule has 0 saturated heterocycles. The van der Waals surface area contributed by atoms with Crippen LogP contribution in [0.4, 0.5) is 0 Å². The summed E-state index contributed by atoms with van der Waals surface area (Å²) >= 11 is 2.25. The van der Waals surface area contributed by atoms with Gasteiger partial charge in [-0.05, 0) is 47.6 Å². The van der Waals surface area contributed by atoms with Crippen LogP contribution in [0.2, 0.25) is 0 Å². The summed E-state index contributed by atoms with van der Waals surface area (Å²) in [6.07, 6.45) is 4.62. The van der Waals surface area contributed by atoms with Gasteiger partial charge in [-0.1, -0.05) is 25.0 Å². The lowest BCUT2D eigenvalue weighted by Gasteiger charge is -2.07. The standard InChI is InChI=1S/C12H13IO/c13-11-7-3-6-10(8-11)12(14)9-4-1-2-5-9/h3,6-9H,1-2,4-5H2. The summed E-state index contributed by atoms with van der Waals surface area (Å²) in [5, 5.41) is 0. The molecular weight excluding hydrogens is 287 g/mol. The molecule has 0 radical (unpaired) electrons. The van der Waals surface area contributed by atoms with Crippen LogP contribution in [0.1, 0.15) is 36.0 Å². The van der Waals surface area contributed by atoms with E-state index in [1.165, 1.54) is 12.8 Å². The Morgan fingerprint density at radius 2 is 2.00 bits per heavy atom. The quantitative estimate of drug-likeness (QED) is 0.602. The molecule has 2 rings (SSSR count). The van der Waals surface area contributed by atoms with E-state index in [9.17, 15) is 4.79 Å². The van der Waals surface area contributed by atoms with Crippen LogP contribution >= 0.6 is 22.6 Å². The molecule has 1 aliphatic carbocycles. The van der Waals surface area contributed by atoms with Gasteiger partial charge in [-0.15, -0.1) is 0 Å². The molecule has 1 fully saturated rings. The Morgan fingerprint density at radius 1 is 1.29 bits per heavy atom. The van der Waals surface area contributed by atoms with Crippen LogP contribution in [0.15, 0.2) is 24.3 Å². The van der Waals surface area contributed by atoms with Gasteiger partial charge < -0.3 is 0 Å². The molecule has 0 heterocycles. The van der Waals surface area contributed by atoms with Crippen LogP contribution in [-0.4, -0.2) is 5.78 Å². The summed E-state index contributed by atoms with van der Waals surface area (Å²) in [6, 6.07) is 7.90. The second kappa shape index (κ2) is 4.43. The lowest BCUT2D eigenvalue weighted by molar-refractivity contribution is 0.0923. The summed E-state index contributed by atoms with van der Waals surface area (Å²) in [7, 11) is 0. The second-order valence-electron chi connectivity index (χ2n) is 3.86. The summed E-state index contributed by atoms with van der Waals surface area (Å²) < 4.78 is 1.14. The van der Waals surface area contributed by atoms with E-state index in [1.807, 2.05) is 24.3 Å². The van der Waals surface area contributed by atoms with Gasteiger partial charge in [-0.2, -0.15) is 0 Å². The Bertz CT molecular complexity index is 340. The zero-order valence-corrected chi connectivity index (χ0v) is 10.2. The highest BCUT2D eigenvalue weighted by Crippen LogP contribution is 2.28. The number of Topliss-reactive ketones (excluding diaryl/α,β-unsaturated/α-hetero) is 1. The highest BCUT2D eigenvalue weighted by molar-refractivity contribution is 14.1. The molecule has 1 aromatic rings. The van der Waals surface area contributed by atoms with Crippen molar-refractivity contribution in [3.8, 4) is 0 Å². The maximum absolute atomic E-state index is 12.0. The lowest BCUT2D eigenvalue weighted by Crippen LogP contribution is -2.10. The summed E-state index contributed by atoms with van der Waals surface area (Å²) in [6.45, 7) is 0. The van der Waals surface area contributed by atoms with Crippen LogP contribution in [0.5, 0.6) is 0 Å². The maximum atomic E-state index is 12.0. The SMILES string of the molecule is O=C(c1cccc(I)c1)C1CCCC1. The number of carbonyl (C=O) groups excluding carboxylic acids is 1. The first-order valence-corrected chi connectivity index (χ1v) is 6.15. The van der Waals surface area contributed by atoms with Crippen LogP contribution in [0, 0.1) is 9.49 Å². The topological polar surface area (TPSA) is 17.1 Å². The molecule has 1 aliphatic rings. The van der Waals surface area contributed by atoms with Crippen molar-refractivity contribution in [1.82, 2.24) is 0 Å². The van der Waals surface area contributed by atoms with E-state index in [2.05, 4.69) is 22.6 Å². The molecule has 0 bridgehead atoms. The van der Waals surface area contributed by atoms with Crippen LogP contribution in [0.25, 0.3) is 0 Å². The number of rotatable bonds is 2. The molecule has 0 amide bonds. The van der Waals surface area contributed by atoms with Crippen molar-refractivity contribution in [3.05, 3.63) is 33.4 Å². The average Bonchev–Trinajstić information content (AvgIpc) is 2.69. The third-order valence-corrected chi connectivity index (χ3v) is 3.51. The number of benzene rings is 1. The minimum absolute atomic E-state index is 0.299. The van der Waals surface area contributed by atoms with Gasteiger partial charge in [0.05, 0.1) is 0 Å². The third-order valence-electron chi connectivity index (χ3n) is 2.84. The van der Waals surface area contributed by atoms with Crippen LogP contribution < -0.4 is 0 Å². The van der Waals surface area contributed by atoms with Gasteiger partial charge in [0, 0.05) is 15.1 Å². The first-order valence-electron chi connectivity index (χ1n) is 5.07. The van der Waals surface area contributed by atoms with Crippen molar-refractivity contribution in [2.24, 2.45) is 5.92 Å². The highest BCUT2D eigenvalue weighted by Gasteiger charge is 2.23. The van der Waals surface area contributed by atoms with Gasteiger partial charge in [0.1, 0.15) is 0 Å². The fourth-order valence-electron chi connectivity index (χ4n) is 2.07. The van der Waals surface area contributed by atoms with E-state index in [0.717, 1.165) is 22.0 Å². The van der Waals surface area contributed by atoms with Crippen molar-refractivity contribution < 1.29 is 4.79 Å². The summed E-state index contributed by atoms with van der Waals surface area (Å²) in [5.41, 5.74) is 0.892. The molecule has 0 N–H and O–H groups in total. The van der Waals surface area contributed by atoms with Gasteiger partial charge in [-0.3, -0.25) is 4.79 Å². The molecular formula is C12H13IO. The smallest absolute Gasteiger partial charge is 0.165 e. The summed E-state index contributed by atoms with van der Waals surface area (Å²) in [4.78, 5) is 12.0. The Balaban J connectivity index is 2.17. The van der Waals surface area contributed by atoms with E-state index < -0.39 is 0 Å². The fraction of sp³-hybridized carbons (Fsp3) is 0.417. The van der Waals surface area contributed by atoms with Crippen LogP contribution in [0.3, 0.4) is 0 Å². The van der Waals surface area contributed by atoms with Gasteiger partial charge >= 0.3 is 0 Å². The van der Waals surface area contributed by atoms with E-state index >= 15 is 0 Å². The van der Waals surface area contributed by atoms with E-state index in [-0.39, 0.29) is 0 Å². The van der Waals surface area contributed by atoms with Gasteiger partial charge in [0.2, 0.25) is 0 Å². The Hall–Kier alpha value is -0.380. The third kappa shape index (κ3) is 2.16. The molecule has 1 nitrogen and oxygen atoms in total. The average molecular weight is 300 g/mol.